The highest BCUT2D eigenvalue weighted by Gasteiger charge is 2.25. The molecule has 2 rings (SSSR count). The van der Waals surface area contributed by atoms with Gasteiger partial charge in [0.1, 0.15) is 0 Å². The molecule has 0 amide bonds. The van der Waals surface area contributed by atoms with Gasteiger partial charge in [0, 0.05) is 21.6 Å². The topological polar surface area (TPSA) is 58.2 Å². The van der Waals surface area contributed by atoms with E-state index in [0.29, 0.717) is 15.5 Å². The summed E-state index contributed by atoms with van der Waals surface area (Å²) in [6.45, 7) is 2.88. The molecule has 1 aliphatic heterocycles. The quantitative estimate of drug-likeness (QED) is 0.863. The number of halogens is 2. The van der Waals surface area contributed by atoms with Gasteiger partial charge in [-0.1, -0.05) is 11.6 Å². The maximum atomic E-state index is 12.3. The van der Waals surface area contributed by atoms with E-state index in [0.717, 1.165) is 19.4 Å². The molecule has 2 unspecified atom stereocenters. The second kappa shape index (κ2) is 6.10. The van der Waals surface area contributed by atoms with E-state index < -0.39 is 10.0 Å². The lowest BCUT2D eigenvalue weighted by Gasteiger charge is -2.28. The SMILES string of the molecule is CC1CC(NS(=O)(=O)c2ccc(Cl)cc2Br)CCN1. The molecule has 7 heteroatoms. The van der Waals surface area contributed by atoms with Crippen LogP contribution in [0.25, 0.3) is 0 Å². The summed E-state index contributed by atoms with van der Waals surface area (Å²) in [5.74, 6) is 0. The van der Waals surface area contributed by atoms with Gasteiger partial charge in [-0.25, -0.2) is 13.1 Å². The van der Waals surface area contributed by atoms with Crippen molar-refractivity contribution >= 4 is 37.6 Å². The number of sulfonamides is 1. The minimum Gasteiger partial charge on any atom is -0.314 e. The van der Waals surface area contributed by atoms with Gasteiger partial charge in [0.2, 0.25) is 10.0 Å². The summed E-state index contributed by atoms with van der Waals surface area (Å²) in [7, 11) is -3.51. The van der Waals surface area contributed by atoms with Crippen LogP contribution in [-0.2, 0) is 10.0 Å². The monoisotopic (exact) mass is 366 g/mol. The van der Waals surface area contributed by atoms with Gasteiger partial charge in [-0.15, -0.1) is 0 Å². The van der Waals surface area contributed by atoms with E-state index in [9.17, 15) is 8.42 Å². The molecular formula is C12H16BrClN2O2S. The normalized spacial score (nSPS) is 24.4. The summed E-state index contributed by atoms with van der Waals surface area (Å²) in [5, 5.41) is 3.80. The van der Waals surface area contributed by atoms with Crippen LogP contribution in [0.4, 0.5) is 0 Å². The molecule has 0 aromatic heterocycles. The van der Waals surface area contributed by atoms with Crippen molar-refractivity contribution in [2.75, 3.05) is 6.54 Å². The zero-order valence-corrected chi connectivity index (χ0v) is 13.6. The molecule has 0 bridgehead atoms. The Morgan fingerprint density at radius 3 is 2.84 bits per heavy atom. The third-order valence-electron chi connectivity index (χ3n) is 3.13. The van der Waals surface area contributed by atoms with Crippen LogP contribution in [0.5, 0.6) is 0 Å². The fourth-order valence-corrected chi connectivity index (χ4v) is 4.88. The number of hydrogen-bond donors (Lipinski definition) is 2. The average Bonchev–Trinajstić information content (AvgIpc) is 2.27. The molecule has 19 heavy (non-hydrogen) atoms. The summed E-state index contributed by atoms with van der Waals surface area (Å²) in [5.41, 5.74) is 0. The lowest BCUT2D eigenvalue weighted by Crippen LogP contribution is -2.46. The summed E-state index contributed by atoms with van der Waals surface area (Å²) in [4.78, 5) is 0.225. The van der Waals surface area contributed by atoms with Crippen molar-refractivity contribution < 1.29 is 8.42 Å². The van der Waals surface area contributed by atoms with Crippen molar-refractivity contribution in [1.29, 1.82) is 0 Å². The average molecular weight is 368 g/mol. The van der Waals surface area contributed by atoms with E-state index in [1.54, 1.807) is 12.1 Å². The first-order valence-electron chi connectivity index (χ1n) is 6.09. The second-order valence-corrected chi connectivity index (χ2v) is 7.75. The van der Waals surface area contributed by atoms with Crippen molar-refractivity contribution in [1.82, 2.24) is 10.0 Å². The fraction of sp³-hybridized carbons (Fsp3) is 0.500. The van der Waals surface area contributed by atoms with Crippen molar-refractivity contribution in [3.63, 3.8) is 0 Å². The Hall–Kier alpha value is -0.140. The Bertz CT molecular complexity index is 565. The first-order valence-corrected chi connectivity index (χ1v) is 8.74. The minimum atomic E-state index is -3.51. The van der Waals surface area contributed by atoms with Crippen LogP contribution in [0.1, 0.15) is 19.8 Å². The Labute approximate surface area is 127 Å². The molecule has 1 aromatic rings. The standard InChI is InChI=1S/C12H16BrClN2O2S/c1-8-6-10(4-5-15-8)16-19(17,18)12-3-2-9(14)7-11(12)13/h2-3,7-8,10,15-16H,4-6H2,1H3. The van der Waals surface area contributed by atoms with Gasteiger partial charge in [-0.3, -0.25) is 0 Å². The third-order valence-corrected chi connectivity index (χ3v) is 5.86. The molecular weight excluding hydrogens is 352 g/mol. The molecule has 2 N–H and O–H groups in total. The maximum Gasteiger partial charge on any atom is 0.241 e. The summed E-state index contributed by atoms with van der Waals surface area (Å²) in [6.07, 6.45) is 1.60. The van der Waals surface area contributed by atoms with Crippen molar-refractivity contribution in [3.8, 4) is 0 Å². The zero-order chi connectivity index (χ0) is 14.0. The van der Waals surface area contributed by atoms with Crippen LogP contribution < -0.4 is 10.0 Å². The Morgan fingerprint density at radius 1 is 1.47 bits per heavy atom. The Kier molecular flexibility index (Phi) is 4.89. The molecule has 0 aliphatic carbocycles. The second-order valence-electron chi connectivity index (χ2n) is 4.77. The van der Waals surface area contributed by atoms with E-state index in [4.69, 9.17) is 11.6 Å². The van der Waals surface area contributed by atoms with Gasteiger partial charge >= 0.3 is 0 Å². The number of rotatable bonds is 3. The number of benzene rings is 1. The lowest BCUT2D eigenvalue weighted by molar-refractivity contribution is 0.361. The third kappa shape index (κ3) is 3.92. The van der Waals surface area contributed by atoms with Crippen LogP contribution >= 0.6 is 27.5 Å². The molecule has 1 aliphatic rings. The predicted molar refractivity (Wildman–Crippen MR) is 80.0 cm³/mol. The summed E-state index contributed by atoms with van der Waals surface area (Å²) < 4.78 is 27.9. The highest BCUT2D eigenvalue weighted by molar-refractivity contribution is 9.10. The van der Waals surface area contributed by atoms with Crippen molar-refractivity contribution in [3.05, 3.63) is 27.7 Å². The van der Waals surface area contributed by atoms with Crippen molar-refractivity contribution in [2.24, 2.45) is 0 Å². The molecule has 106 valence electrons. The highest BCUT2D eigenvalue weighted by atomic mass is 79.9. The minimum absolute atomic E-state index is 0.0242. The van der Waals surface area contributed by atoms with Gasteiger partial charge in [0.25, 0.3) is 0 Å². The van der Waals surface area contributed by atoms with Gasteiger partial charge in [0.15, 0.2) is 0 Å². The van der Waals surface area contributed by atoms with Gasteiger partial charge < -0.3 is 5.32 Å². The van der Waals surface area contributed by atoms with Crippen LogP contribution in [0.3, 0.4) is 0 Å². The summed E-state index contributed by atoms with van der Waals surface area (Å²) in [6, 6.07) is 4.98. The first kappa shape index (κ1) is 15.3. The maximum absolute atomic E-state index is 12.3. The van der Waals surface area contributed by atoms with E-state index in [1.807, 2.05) is 0 Å². The lowest BCUT2D eigenvalue weighted by atomic mass is 10.0. The smallest absolute Gasteiger partial charge is 0.241 e. The molecule has 1 saturated heterocycles. The van der Waals surface area contributed by atoms with Gasteiger partial charge in [-0.05, 0) is 60.4 Å². The summed E-state index contributed by atoms with van der Waals surface area (Å²) >= 11 is 9.07. The van der Waals surface area contributed by atoms with E-state index in [2.05, 4.69) is 32.9 Å². The fourth-order valence-electron chi connectivity index (χ4n) is 2.22. The molecule has 0 saturated carbocycles. The van der Waals surface area contributed by atoms with Crippen molar-refractivity contribution in [2.45, 2.75) is 36.7 Å². The van der Waals surface area contributed by atoms with Gasteiger partial charge in [-0.2, -0.15) is 0 Å². The van der Waals surface area contributed by atoms with Crippen LogP contribution in [0.15, 0.2) is 27.6 Å². The molecule has 4 nitrogen and oxygen atoms in total. The van der Waals surface area contributed by atoms with E-state index in [-0.39, 0.29) is 10.9 Å². The molecule has 1 aromatic carbocycles. The van der Waals surface area contributed by atoms with E-state index in [1.165, 1.54) is 6.07 Å². The van der Waals surface area contributed by atoms with E-state index >= 15 is 0 Å². The predicted octanol–water partition coefficient (Wildman–Crippen LogP) is 2.52. The van der Waals surface area contributed by atoms with Crippen LogP contribution in [0, 0.1) is 0 Å². The molecule has 0 radical (unpaired) electrons. The molecule has 1 heterocycles. The van der Waals surface area contributed by atoms with Gasteiger partial charge in [0.05, 0.1) is 4.90 Å². The number of nitrogens with one attached hydrogen (secondary N) is 2. The largest absolute Gasteiger partial charge is 0.314 e. The molecule has 0 spiro atoms. The number of piperidine rings is 1. The zero-order valence-electron chi connectivity index (χ0n) is 10.5. The van der Waals surface area contributed by atoms with Crippen LogP contribution in [-0.4, -0.2) is 27.0 Å². The Balaban J connectivity index is 2.18. The number of hydrogen-bond acceptors (Lipinski definition) is 3. The first-order chi connectivity index (χ1) is 8.88. The molecule has 2 atom stereocenters. The highest BCUT2D eigenvalue weighted by Crippen LogP contribution is 2.26. The Morgan fingerprint density at radius 2 is 2.21 bits per heavy atom. The molecule has 1 fully saturated rings. The van der Waals surface area contributed by atoms with Crippen LogP contribution in [0.2, 0.25) is 5.02 Å².